The molecule has 1 aliphatic rings. The van der Waals surface area contributed by atoms with Gasteiger partial charge in [0.15, 0.2) is 11.5 Å². The molecule has 0 heterocycles. The van der Waals surface area contributed by atoms with Crippen LogP contribution in [0.4, 0.5) is 5.69 Å². The first-order chi connectivity index (χ1) is 14.5. The summed E-state index contributed by atoms with van der Waals surface area (Å²) in [4.78, 5) is 12.2. The summed E-state index contributed by atoms with van der Waals surface area (Å²) in [5.74, 6) is 0.496. The van der Waals surface area contributed by atoms with Crippen LogP contribution >= 0.6 is 0 Å². The summed E-state index contributed by atoms with van der Waals surface area (Å²) in [7, 11) is 1.61. The van der Waals surface area contributed by atoms with Crippen molar-refractivity contribution in [3.05, 3.63) is 53.6 Å². The maximum Gasteiger partial charge on any atom is 0.329 e. The number of hydrogen-bond donors (Lipinski definition) is 2. The highest BCUT2D eigenvalue weighted by Gasteiger charge is 2.38. The van der Waals surface area contributed by atoms with Crippen LogP contribution in [-0.4, -0.2) is 30.3 Å². The molecule has 2 aromatic carbocycles. The highest BCUT2D eigenvalue weighted by atomic mass is 16.5. The minimum Gasteiger partial charge on any atom is -0.493 e. The number of aryl methyl sites for hydroxylation is 1. The smallest absolute Gasteiger partial charge is 0.329 e. The first kappa shape index (κ1) is 22.0. The van der Waals surface area contributed by atoms with E-state index in [0.717, 1.165) is 37.8 Å². The van der Waals surface area contributed by atoms with E-state index in [0.29, 0.717) is 30.9 Å². The quantitative estimate of drug-likeness (QED) is 0.591. The molecule has 1 fully saturated rings. The fourth-order valence-electron chi connectivity index (χ4n) is 4.19. The lowest BCUT2D eigenvalue weighted by Crippen LogP contribution is -2.46. The third kappa shape index (κ3) is 5.68. The van der Waals surface area contributed by atoms with Gasteiger partial charge in [0.25, 0.3) is 0 Å². The predicted octanol–water partition coefficient (Wildman–Crippen LogP) is 5.60. The number of benzene rings is 2. The molecule has 1 aliphatic carbocycles. The number of hydrogen-bond acceptors (Lipinski definition) is 4. The van der Waals surface area contributed by atoms with Gasteiger partial charge in [-0.1, -0.05) is 61.9 Å². The summed E-state index contributed by atoms with van der Waals surface area (Å²) >= 11 is 0. The van der Waals surface area contributed by atoms with Gasteiger partial charge >= 0.3 is 5.97 Å². The standard InChI is InChI=1S/C25H33NO4/c1-19-9-8-10-20(17-19)13-16-30-23-18-21(11-12-22(23)29-2)26-25(24(27)28)14-6-4-3-5-7-15-25/h8-12,17-18,26H,3-7,13-16H2,1-2H3,(H,27,28). The van der Waals surface area contributed by atoms with Gasteiger partial charge in [-0.2, -0.15) is 0 Å². The zero-order valence-electron chi connectivity index (χ0n) is 18.1. The third-order valence-corrected chi connectivity index (χ3v) is 5.89. The maximum absolute atomic E-state index is 12.2. The summed E-state index contributed by atoms with van der Waals surface area (Å²) in [6.45, 7) is 2.60. The van der Waals surface area contributed by atoms with E-state index in [-0.39, 0.29) is 0 Å². The van der Waals surface area contributed by atoms with E-state index in [1.807, 2.05) is 18.2 Å². The Kier molecular flexibility index (Phi) is 7.61. The number of ether oxygens (including phenoxy) is 2. The van der Waals surface area contributed by atoms with Crippen molar-refractivity contribution >= 4 is 11.7 Å². The molecule has 0 unspecified atom stereocenters. The molecule has 2 N–H and O–H groups in total. The van der Waals surface area contributed by atoms with Crippen molar-refractivity contribution in [2.45, 2.75) is 63.8 Å². The van der Waals surface area contributed by atoms with Crippen LogP contribution in [0.25, 0.3) is 0 Å². The molecule has 0 atom stereocenters. The number of carboxylic acid groups (broad SMARTS) is 1. The molecule has 3 rings (SSSR count). The minimum atomic E-state index is -0.923. The molecular formula is C25H33NO4. The van der Waals surface area contributed by atoms with Crippen LogP contribution in [-0.2, 0) is 11.2 Å². The van der Waals surface area contributed by atoms with Gasteiger partial charge in [-0.05, 0) is 37.5 Å². The van der Waals surface area contributed by atoms with Crippen molar-refractivity contribution < 1.29 is 19.4 Å². The third-order valence-electron chi connectivity index (χ3n) is 5.89. The van der Waals surface area contributed by atoms with Crippen molar-refractivity contribution in [3.63, 3.8) is 0 Å². The molecule has 0 spiro atoms. The van der Waals surface area contributed by atoms with Crippen LogP contribution in [0.5, 0.6) is 11.5 Å². The monoisotopic (exact) mass is 411 g/mol. The van der Waals surface area contributed by atoms with E-state index in [2.05, 4.69) is 36.5 Å². The number of nitrogens with one attached hydrogen (secondary N) is 1. The molecule has 5 nitrogen and oxygen atoms in total. The molecule has 0 bridgehead atoms. The Morgan fingerprint density at radius 3 is 2.43 bits per heavy atom. The van der Waals surface area contributed by atoms with Crippen LogP contribution in [0.1, 0.15) is 56.1 Å². The van der Waals surface area contributed by atoms with Gasteiger partial charge in [-0.3, -0.25) is 0 Å². The number of aliphatic carboxylic acids is 1. The lowest BCUT2D eigenvalue weighted by atomic mass is 9.83. The molecule has 0 radical (unpaired) electrons. The lowest BCUT2D eigenvalue weighted by molar-refractivity contribution is -0.143. The molecule has 1 saturated carbocycles. The van der Waals surface area contributed by atoms with Crippen molar-refractivity contribution in [1.29, 1.82) is 0 Å². The molecule has 0 amide bonds. The van der Waals surface area contributed by atoms with Crippen LogP contribution in [0.2, 0.25) is 0 Å². The zero-order valence-corrected chi connectivity index (χ0v) is 18.1. The zero-order chi connectivity index (χ0) is 21.4. The van der Waals surface area contributed by atoms with Gasteiger partial charge < -0.3 is 19.9 Å². The normalized spacial score (nSPS) is 16.2. The van der Waals surface area contributed by atoms with Gasteiger partial charge in [0.05, 0.1) is 13.7 Å². The average Bonchev–Trinajstić information content (AvgIpc) is 2.70. The van der Waals surface area contributed by atoms with Gasteiger partial charge in [0.1, 0.15) is 5.54 Å². The molecule has 0 aromatic heterocycles. The first-order valence-electron chi connectivity index (χ1n) is 10.9. The Labute approximate surface area is 179 Å². The largest absolute Gasteiger partial charge is 0.493 e. The van der Waals surface area contributed by atoms with E-state index in [4.69, 9.17) is 9.47 Å². The van der Waals surface area contributed by atoms with E-state index in [9.17, 15) is 9.90 Å². The van der Waals surface area contributed by atoms with Gasteiger partial charge in [0, 0.05) is 18.2 Å². The fraction of sp³-hybridized carbons (Fsp3) is 0.480. The highest BCUT2D eigenvalue weighted by Crippen LogP contribution is 2.35. The molecule has 0 saturated heterocycles. The minimum absolute atomic E-state index is 0.521. The number of carboxylic acids is 1. The number of methoxy groups -OCH3 is 1. The summed E-state index contributed by atoms with van der Waals surface area (Å²) < 4.78 is 11.5. The van der Waals surface area contributed by atoms with Crippen molar-refractivity contribution in [1.82, 2.24) is 0 Å². The summed E-state index contributed by atoms with van der Waals surface area (Å²) in [6, 6.07) is 13.9. The van der Waals surface area contributed by atoms with Crippen molar-refractivity contribution in [2.24, 2.45) is 0 Å². The fourth-order valence-corrected chi connectivity index (χ4v) is 4.19. The Morgan fingerprint density at radius 1 is 1.03 bits per heavy atom. The number of anilines is 1. The first-order valence-corrected chi connectivity index (χ1v) is 10.9. The second kappa shape index (κ2) is 10.4. The average molecular weight is 412 g/mol. The predicted molar refractivity (Wildman–Crippen MR) is 120 cm³/mol. The Morgan fingerprint density at radius 2 is 1.77 bits per heavy atom. The Bertz CT molecular complexity index is 841. The second-order valence-corrected chi connectivity index (χ2v) is 8.23. The molecule has 0 aliphatic heterocycles. The van der Waals surface area contributed by atoms with Crippen LogP contribution in [0.15, 0.2) is 42.5 Å². The summed E-state index contributed by atoms with van der Waals surface area (Å²) in [5.41, 5.74) is 2.29. The van der Waals surface area contributed by atoms with E-state index < -0.39 is 11.5 Å². The maximum atomic E-state index is 12.2. The summed E-state index contributed by atoms with van der Waals surface area (Å²) in [5, 5.41) is 13.3. The van der Waals surface area contributed by atoms with E-state index in [1.54, 1.807) is 7.11 Å². The number of rotatable bonds is 8. The summed E-state index contributed by atoms with van der Waals surface area (Å²) in [6.07, 6.45) is 7.29. The van der Waals surface area contributed by atoms with Crippen molar-refractivity contribution in [3.8, 4) is 11.5 Å². The topological polar surface area (TPSA) is 67.8 Å². The van der Waals surface area contributed by atoms with E-state index >= 15 is 0 Å². The lowest BCUT2D eigenvalue weighted by Gasteiger charge is -2.33. The SMILES string of the molecule is COc1ccc(NC2(C(=O)O)CCCCCCC2)cc1OCCc1cccc(C)c1. The van der Waals surface area contributed by atoms with Gasteiger partial charge in [-0.25, -0.2) is 4.79 Å². The van der Waals surface area contributed by atoms with Gasteiger partial charge in [0.2, 0.25) is 0 Å². The van der Waals surface area contributed by atoms with Crippen LogP contribution < -0.4 is 14.8 Å². The highest BCUT2D eigenvalue weighted by molar-refractivity contribution is 5.83. The second-order valence-electron chi connectivity index (χ2n) is 8.23. The van der Waals surface area contributed by atoms with Crippen LogP contribution in [0, 0.1) is 6.92 Å². The van der Waals surface area contributed by atoms with E-state index in [1.165, 1.54) is 17.5 Å². The molecule has 2 aromatic rings. The molecule has 162 valence electrons. The Balaban J connectivity index is 1.73. The van der Waals surface area contributed by atoms with Gasteiger partial charge in [-0.15, -0.1) is 0 Å². The Hall–Kier alpha value is -2.69. The number of carbonyl (C=O) groups is 1. The molecule has 30 heavy (non-hydrogen) atoms. The van der Waals surface area contributed by atoms with Crippen molar-refractivity contribution in [2.75, 3.05) is 19.0 Å². The van der Waals surface area contributed by atoms with Crippen LogP contribution in [0.3, 0.4) is 0 Å². The molecular weight excluding hydrogens is 378 g/mol. The molecule has 5 heteroatoms.